The van der Waals surface area contributed by atoms with E-state index in [0.717, 1.165) is 44.0 Å². The average molecular weight is 434 g/mol. The summed E-state index contributed by atoms with van der Waals surface area (Å²) in [7, 11) is 0. The molecule has 0 bridgehead atoms. The summed E-state index contributed by atoms with van der Waals surface area (Å²) < 4.78 is 5.80. The molecule has 32 heavy (non-hydrogen) atoms. The number of carbonyl (C=O) groups excluding carboxylic acids is 2. The van der Waals surface area contributed by atoms with Gasteiger partial charge in [0.25, 0.3) is 11.8 Å². The van der Waals surface area contributed by atoms with Crippen molar-refractivity contribution in [3.05, 3.63) is 65.9 Å². The van der Waals surface area contributed by atoms with Crippen LogP contribution < -0.4 is 9.64 Å². The molecule has 0 unspecified atom stereocenters. The van der Waals surface area contributed by atoms with Crippen LogP contribution in [0.25, 0.3) is 5.57 Å². The lowest BCUT2D eigenvalue weighted by atomic mass is 10.0. The Labute approximate surface area is 190 Å². The number of imide groups is 1. The molecule has 0 atom stereocenters. The molecule has 1 saturated heterocycles. The first-order valence-corrected chi connectivity index (χ1v) is 11.4. The fourth-order valence-electron chi connectivity index (χ4n) is 4.15. The molecule has 0 N–H and O–H groups in total. The Hall–Kier alpha value is -3.12. The van der Waals surface area contributed by atoms with Crippen molar-refractivity contribution >= 4 is 23.1 Å². The monoisotopic (exact) mass is 433 g/mol. The Morgan fingerprint density at radius 2 is 1.53 bits per heavy atom. The van der Waals surface area contributed by atoms with E-state index >= 15 is 0 Å². The summed E-state index contributed by atoms with van der Waals surface area (Å²) in [5, 5.41) is 0. The molecule has 0 radical (unpaired) electrons. The summed E-state index contributed by atoms with van der Waals surface area (Å²) in [4.78, 5) is 32.9. The molecule has 0 aromatic heterocycles. The van der Waals surface area contributed by atoms with Crippen molar-refractivity contribution in [1.29, 1.82) is 0 Å². The molecule has 0 aliphatic carbocycles. The Bertz CT molecular complexity index is 991. The Morgan fingerprint density at radius 3 is 2.12 bits per heavy atom. The first-order valence-electron chi connectivity index (χ1n) is 11.4. The van der Waals surface area contributed by atoms with Crippen LogP contribution in [0.1, 0.15) is 26.3 Å². The maximum atomic E-state index is 13.6. The standard InChI is InChI=1S/C26H31N3O3/c1-4-27-14-16-28(17-15-27)24-23(20-10-12-22(13-11-20)32-18-19(2)3)25(30)29(26(24)31)21-8-6-5-7-9-21/h5-13,19H,4,14-18H2,1-3H3. The van der Waals surface area contributed by atoms with Crippen molar-refractivity contribution in [3.8, 4) is 5.75 Å². The van der Waals surface area contributed by atoms with E-state index in [4.69, 9.17) is 4.74 Å². The van der Waals surface area contributed by atoms with E-state index < -0.39 is 0 Å². The van der Waals surface area contributed by atoms with Crippen molar-refractivity contribution in [2.45, 2.75) is 20.8 Å². The van der Waals surface area contributed by atoms with Gasteiger partial charge in [-0.2, -0.15) is 0 Å². The van der Waals surface area contributed by atoms with E-state index in [0.29, 0.717) is 29.5 Å². The van der Waals surface area contributed by atoms with Crippen LogP contribution in [-0.2, 0) is 9.59 Å². The lowest BCUT2D eigenvalue weighted by Crippen LogP contribution is -2.47. The summed E-state index contributed by atoms with van der Waals surface area (Å²) >= 11 is 0. The van der Waals surface area contributed by atoms with Gasteiger partial charge in [0.15, 0.2) is 0 Å². The number of nitrogens with zero attached hydrogens (tertiary/aromatic N) is 3. The van der Waals surface area contributed by atoms with Crippen LogP contribution in [0.2, 0.25) is 0 Å². The summed E-state index contributed by atoms with van der Waals surface area (Å²) in [5.74, 6) is 0.670. The fourth-order valence-corrected chi connectivity index (χ4v) is 4.15. The number of hydrogen-bond donors (Lipinski definition) is 0. The number of carbonyl (C=O) groups is 2. The molecule has 2 aromatic carbocycles. The van der Waals surface area contributed by atoms with Gasteiger partial charge in [0.2, 0.25) is 0 Å². The number of hydrogen-bond acceptors (Lipinski definition) is 5. The smallest absolute Gasteiger partial charge is 0.282 e. The third-order valence-electron chi connectivity index (χ3n) is 5.94. The molecular weight excluding hydrogens is 402 g/mol. The van der Waals surface area contributed by atoms with E-state index in [-0.39, 0.29) is 11.8 Å². The van der Waals surface area contributed by atoms with Gasteiger partial charge in [0.05, 0.1) is 17.9 Å². The third-order valence-corrected chi connectivity index (χ3v) is 5.94. The van der Waals surface area contributed by atoms with Gasteiger partial charge < -0.3 is 14.5 Å². The Balaban J connectivity index is 1.69. The lowest BCUT2D eigenvalue weighted by molar-refractivity contribution is -0.120. The number of anilines is 1. The highest BCUT2D eigenvalue weighted by atomic mass is 16.5. The molecular formula is C26H31N3O3. The van der Waals surface area contributed by atoms with Gasteiger partial charge in [-0.05, 0) is 42.3 Å². The van der Waals surface area contributed by atoms with Crippen molar-refractivity contribution in [2.24, 2.45) is 5.92 Å². The number of benzene rings is 2. The molecule has 2 heterocycles. The predicted molar refractivity (Wildman–Crippen MR) is 126 cm³/mol. The van der Waals surface area contributed by atoms with Crippen LogP contribution >= 0.6 is 0 Å². The van der Waals surface area contributed by atoms with Gasteiger partial charge >= 0.3 is 0 Å². The van der Waals surface area contributed by atoms with Crippen molar-refractivity contribution < 1.29 is 14.3 Å². The van der Waals surface area contributed by atoms with Gasteiger partial charge in [-0.25, -0.2) is 4.90 Å². The molecule has 4 rings (SSSR count). The third kappa shape index (κ3) is 4.41. The maximum absolute atomic E-state index is 13.6. The molecule has 0 spiro atoms. The van der Waals surface area contributed by atoms with E-state index in [1.54, 1.807) is 12.1 Å². The van der Waals surface area contributed by atoms with Crippen molar-refractivity contribution in [1.82, 2.24) is 9.80 Å². The van der Waals surface area contributed by atoms with Crippen LogP contribution in [-0.4, -0.2) is 60.9 Å². The second kappa shape index (κ2) is 9.57. The van der Waals surface area contributed by atoms with E-state index in [1.807, 2.05) is 42.5 Å². The number of amides is 2. The summed E-state index contributed by atoms with van der Waals surface area (Å²) in [6.07, 6.45) is 0. The highest BCUT2D eigenvalue weighted by molar-refractivity contribution is 6.45. The Kier molecular flexibility index (Phi) is 6.61. The first kappa shape index (κ1) is 22.1. The normalized spacial score (nSPS) is 17.6. The molecule has 2 aliphatic heterocycles. The largest absolute Gasteiger partial charge is 0.493 e. The molecule has 0 saturated carbocycles. The molecule has 2 aromatic rings. The predicted octanol–water partition coefficient (Wildman–Crippen LogP) is 3.64. The zero-order valence-corrected chi connectivity index (χ0v) is 19.1. The SMILES string of the molecule is CCN1CCN(C2=C(c3ccc(OCC(C)C)cc3)C(=O)N(c3ccccc3)C2=O)CC1. The number of ether oxygens (including phenoxy) is 1. The lowest BCUT2D eigenvalue weighted by Gasteiger charge is -2.36. The molecule has 2 aliphatic rings. The number of para-hydroxylation sites is 1. The van der Waals surface area contributed by atoms with E-state index in [1.165, 1.54) is 4.90 Å². The van der Waals surface area contributed by atoms with E-state index in [9.17, 15) is 9.59 Å². The van der Waals surface area contributed by atoms with Gasteiger partial charge in [-0.3, -0.25) is 9.59 Å². The zero-order chi connectivity index (χ0) is 22.7. The minimum Gasteiger partial charge on any atom is -0.493 e. The molecule has 6 heteroatoms. The zero-order valence-electron chi connectivity index (χ0n) is 19.1. The molecule has 6 nitrogen and oxygen atoms in total. The topological polar surface area (TPSA) is 53.1 Å². The summed E-state index contributed by atoms with van der Waals surface area (Å²) in [6.45, 7) is 11.2. The van der Waals surface area contributed by atoms with Crippen LogP contribution in [0.4, 0.5) is 5.69 Å². The first-order chi connectivity index (χ1) is 15.5. The van der Waals surface area contributed by atoms with Gasteiger partial charge in [0.1, 0.15) is 11.4 Å². The van der Waals surface area contributed by atoms with Gasteiger partial charge in [-0.1, -0.05) is 51.1 Å². The van der Waals surface area contributed by atoms with Crippen LogP contribution in [0, 0.1) is 5.92 Å². The second-order valence-electron chi connectivity index (χ2n) is 8.66. The van der Waals surface area contributed by atoms with Crippen molar-refractivity contribution in [3.63, 3.8) is 0 Å². The highest BCUT2D eigenvalue weighted by Crippen LogP contribution is 2.35. The number of rotatable bonds is 7. The minimum absolute atomic E-state index is 0.249. The van der Waals surface area contributed by atoms with Crippen LogP contribution in [0.15, 0.2) is 60.3 Å². The number of piperazine rings is 1. The van der Waals surface area contributed by atoms with Crippen LogP contribution in [0.5, 0.6) is 5.75 Å². The molecule has 168 valence electrons. The summed E-state index contributed by atoms with van der Waals surface area (Å²) in [5.41, 5.74) is 2.32. The van der Waals surface area contributed by atoms with Gasteiger partial charge in [-0.15, -0.1) is 0 Å². The summed E-state index contributed by atoms with van der Waals surface area (Å²) in [6, 6.07) is 16.7. The maximum Gasteiger partial charge on any atom is 0.282 e. The Morgan fingerprint density at radius 1 is 0.875 bits per heavy atom. The fraction of sp³-hybridized carbons (Fsp3) is 0.385. The minimum atomic E-state index is -0.273. The van der Waals surface area contributed by atoms with E-state index in [2.05, 4.69) is 30.6 Å². The molecule has 1 fully saturated rings. The highest BCUT2D eigenvalue weighted by Gasteiger charge is 2.42. The number of likely N-dealkylation sites (N-methyl/N-ethyl adjacent to an activating group) is 1. The second-order valence-corrected chi connectivity index (χ2v) is 8.66. The van der Waals surface area contributed by atoms with Gasteiger partial charge in [0, 0.05) is 26.2 Å². The van der Waals surface area contributed by atoms with Crippen LogP contribution in [0.3, 0.4) is 0 Å². The van der Waals surface area contributed by atoms with Crippen molar-refractivity contribution in [2.75, 3.05) is 44.2 Å². The average Bonchev–Trinajstić information content (AvgIpc) is 3.08. The quantitative estimate of drug-likeness (QED) is 0.624. The molecule has 2 amide bonds.